The third kappa shape index (κ3) is 22.4. The van der Waals surface area contributed by atoms with Crippen molar-refractivity contribution >= 4 is 76.8 Å². The lowest BCUT2D eigenvalue weighted by Crippen LogP contribution is -2.78. The Labute approximate surface area is 351 Å². The fraction of sp³-hybridized carbons (Fsp3) is 0.676. The summed E-state index contributed by atoms with van der Waals surface area (Å²) in [7, 11) is 0. The number of primary amides is 2. The van der Waals surface area contributed by atoms with Crippen molar-refractivity contribution in [2.45, 2.75) is 102 Å². The van der Waals surface area contributed by atoms with E-state index in [4.69, 9.17) is 22.9 Å². The van der Waals surface area contributed by atoms with Gasteiger partial charge < -0.3 is 64.8 Å². The first-order valence-electron chi connectivity index (χ1n) is 19.0. The molecule has 0 rings (SSSR count). The number of aliphatic hydroxyl groups is 1. The highest BCUT2D eigenvalue weighted by Crippen LogP contribution is 2.05. The normalized spacial score (nSPS) is 14.3. The van der Waals surface area contributed by atoms with Gasteiger partial charge in [0.15, 0.2) is 6.04 Å². The molecule has 25 nitrogen and oxygen atoms in total. The van der Waals surface area contributed by atoms with Gasteiger partial charge >= 0.3 is 5.96 Å². The molecule has 340 valence electrons. The van der Waals surface area contributed by atoms with Crippen molar-refractivity contribution in [1.29, 1.82) is 0 Å². The first-order valence-corrected chi connectivity index (χ1v) is 20.4. The third-order valence-corrected chi connectivity index (χ3v) is 9.08. The Morgan fingerprint density at radius 3 is 1.68 bits per heavy atom. The molecule has 21 N–H and O–H groups in total. The van der Waals surface area contributed by atoms with Crippen molar-refractivity contribution in [3.05, 3.63) is 0 Å². The number of hydrogen-bond acceptors (Lipinski definition) is 12. The molecule has 0 aliphatic carbocycles. The van der Waals surface area contributed by atoms with Gasteiger partial charge in [0, 0.05) is 6.42 Å². The average Bonchev–Trinajstić information content (AvgIpc) is 3.17. The Kier molecular flexibility index (Phi) is 25.9. The van der Waals surface area contributed by atoms with Crippen LogP contribution in [0.1, 0.15) is 59.8 Å². The molecule has 10 amide bonds. The molecule has 0 saturated carbocycles. The minimum atomic E-state index is -1.39. The maximum atomic E-state index is 13.4. The molecular weight excluding hydrogens is 813 g/mol. The first-order chi connectivity index (χ1) is 28.0. The van der Waals surface area contributed by atoms with Crippen molar-refractivity contribution in [3.63, 3.8) is 0 Å². The molecule has 0 unspecified atom stereocenters. The predicted molar refractivity (Wildman–Crippen MR) is 217 cm³/mol. The summed E-state index contributed by atoms with van der Waals surface area (Å²) < 4.78 is 0. The number of nitrogens with one attached hydrogen (secondary N) is 9. The maximum Gasteiger partial charge on any atom is 0.338 e. The summed E-state index contributed by atoms with van der Waals surface area (Å²) in [6, 6.07) is -8.22. The monoisotopic (exact) mass is 876 g/mol. The largest absolute Gasteiger partial charge is 0.390 e. The minimum absolute atomic E-state index is 0.0150. The molecule has 0 aromatic rings. The summed E-state index contributed by atoms with van der Waals surface area (Å²) in [6.07, 6.45) is 1.66. The molecule has 0 radical (unpaired) electrons. The summed E-state index contributed by atoms with van der Waals surface area (Å²) in [4.78, 5) is 129. The van der Waals surface area contributed by atoms with Gasteiger partial charge in [-0.1, -0.05) is 13.8 Å². The van der Waals surface area contributed by atoms with E-state index in [2.05, 4.69) is 53.3 Å². The highest BCUT2D eigenvalue weighted by molar-refractivity contribution is 7.98. The molecular formula is C34H64N14O11S+2. The lowest BCUT2D eigenvalue weighted by molar-refractivity contribution is -0.459. The summed E-state index contributed by atoms with van der Waals surface area (Å²) in [5.41, 5.74) is 24.9. The van der Waals surface area contributed by atoms with Gasteiger partial charge in [-0.2, -0.15) is 11.8 Å². The highest BCUT2D eigenvalue weighted by atomic mass is 32.2. The van der Waals surface area contributed by atoms with Crippen LogP contribution in [0.2, 0.25) is 0 Å². The van der Waals surface area contributed by atoms with E-state index in [0.717, 1.165) is 0 Å². The molecule has 0 aliphatic rings. The van der Waals surface area contributed by atoms with E-state index in [9.17, 15) is 53.1 Å². The van der Waals surface area contributed by atoms with E-state index in [-0.39, 0.29) is 44.6 Å². The summed E-state index contributed by atoms with van der Waals surface area (Å²) in [6.45, 7) is 4.34. The predicted octanol–water partition coefficient (Wildman–Crippen LogP) is -9.94. The molecule has 0 heterocycles. The second kappa shape index (κ2) is 28.6. The van der Waals surface area contributed by atoms with E-state index < -0.39 is 127 Å². The Balaban J connectivity index is 5.64. The SMILES string of the molecule is CSCC[C@H](NC(=O)CNC(=O)[C@H](CCC(N)=O)NC(=O)[C@H](C)NC(=O)[C@H](CCC[NH+]=C(N)N)NC(=O)CNC(=O)[C@H](C)NC(=O)[C@@H](NC(=O)[C@@H]([NH3+])CO)C(C)C)C(N)=O. The number of nitrogens with two attached hydrogens (primary N) is 4. The molecule has 0 aliphatic heterocycles. The summed E-state index contributed by atoms with van der Waals surface area (Å²) in [5, 5.41) is 28.5. The smallest absolute Gasteiger partial charge is 0.338 e. The molecule has 0 bridgehead atoms. The fourth-order valence-corrected chi connectivity index (χ4v) is 5.39. The zero-order valence-electron chi connectivity index (χ0n) is 34.6. The zero-order chi connectivity index (χ0) is 46.1. The van der Waals surface area contributed by atoms with Gasteiger partial charge in [-0.05, 0) is 57.5 Å². The van der Waals surface area contributed by atoms with E-state index in [0.29, 0.717) is 5.75 Å². The second-order valence-electron chi connectivity index (χ2n) is 14.0. The topological polar surface area (TPSA) is 433 Å². The van der Waals surface area contributed by atoms with Crippen LogP contribution in [0.25, 0.3) is 0 Å². The van der Waals surface area contributed by atoms with Crippen LogP contribution in [-0.2, 0) is 47.9 Å². The van der Waals surface area contributed by atoms with E-state index in [1.807, 2.05) is 0 Å². The van der Waals surface area contributed by atoms with E-state index in [1.54, 1.807) is 20.1 Å². The number of carbonyl (C=O) groups excluding carboxylic acids is 10. The third-order valence-electron chi connectivity index (χ3n) is 8.44. The molecule has 0 spiro atoms. The van der Waals surface area contributed by atoms with Gasteiger partial charge in [0.25, 0.3) is 5.91 Å². The van der Waals surface area contributed by atoms with Crippen LogP contribution in [0, 0.1) is 5.92 Å². The second-order valence-corrected chi connectivity index (χ2v) is 15.0. The van der Waals surface area contributed by atoms with Crippen molar-refractivity contribution in [2.24, 2.45) is 28.9 Å². The lowest BCUT2D eigenvalue weighted by atomic mass is 10.0. The molecule has 60 heavy (non-hydrogen) atoms. The van der Waals surface area contributed by atoms with Crippen molar-refractivity contribution in [3.8, 4) is 0 Å². The van der Waals surface area contributed by atoms with Crippen LogP contribution in [0.4, 0.5) is 0 Å². The Morgan fingerprint density at radius 2 is 1.17 bits per heavy atom. The highest BCUT2D eigenvalue weighted by Gasteiger charge is 2.31. The van der Waals surface area contributed by atoms with Crippen LogP contribution >= 0.6 is 11.8 Å². The average molecular weight is 877 g/mol. The van der Waals surface area contributed by atoms with Crippen LogP contribution in [0.3, 0.4) is 0 Å². The molecule has 0 saturated heterocycles. The zero-order valence-corrected chi connectivity index (χ0v) is 35.5. The van der Waals surface area contributed by atoms with Crippen molar-refractivity contribution < 1.29 is 63.8 Å². The number of thioether (sulfide) groups is 1. The van der Waals surface area contributed by atoms with Gasteiger partial charge in [-0.25, -0.2) is 0 Å². The van der Waals surface area contributed by atoms with Gasteiger partial charge in [0.1, 0.15) is 42.9 Å². The lowest BCUT2D eigenvalue weighted by Gasteiger charge is -2.24. The number of quaternary nitrogens is 1. The number of hydrogen-bond donors (Lipinski definition) is 15. The molecule has 0 aromatic carbocycles. The van der Waals surface area contributed by atoms with Crippen LogP contribution in [0.15, 0.2) is 0 Å². The summed E-state index contributed by atoms with van der Waals surface area (Å²) >= 11 is 1.43. The minimum Gasteiger partial charge on any atom is -0.390 e. The van der Waals surface area contributed by atoms with Gasteiger partial charge in [-0.15, -0.1) is 0 Å². The quantitative estimate of drug-likeness (QED) is 0.0189. The van der Waals surface area contributed by atoms with Crippen LogP contribution in [0.5, 0.6) is 0 Å². The van der Waals surface area contributed by atoms with E-state index >= 15 is 0 Å². The van der Waals surface area contributed by atoms with E-state index in [1.165, 1.54) is 25.6 Å². The van der Waals surface area contributed by atoms with Crippen LogP contribution in [-0.4, -0.2) is 151 Å². The Bertz CT molecular complexity index is 1550. The van der Waals surface area contributed by atoms with Crippen molar-refractivity contribution in [1.82, 2.24) is 42.5 Å². The number of aliphatic hydroxyl groups excluding tert-OH is 1. The molecule has 7 atom stereocenters. The van der Waals surface area contributed by atoms with Crippen LogP contribution < -0.4 is 76.2 Å². The fourth-order valence-electron chi connectivity index (χ4n) is 4.92. The summed E-state index contributed by atoms with van der Waals surface area (Å²) in [5.74, 6) is -7.84. The van der Waals surface area contributed by atoms with Gasteiger partial charge in [-0.3, -0.25) is 64.4 Å². The standard InChI is InChI=1S/C34H62N14O11S/c1-16(2)26(48-30(56)19(35)15-49)33(59)44-17(3)28(54)41-13-25(52)46-21(7-6-11-40-34(38)39)32(58)43-18(4)29(55)47-22(8-9-23(36)50)31(57)42-14-24(51)45-20(27(37)53)10-12-60-5/h16-22,26,49H,6-15,35H2,1-5H3,(H2,36,50)(H2,37,53)(H,41,54)(H,42,57)(H,43,58)(H,44,59)(H,45,51)(H,46,52)(H,47,55)(H,48,56)(H4,38,39,40)/p+2/t17-,18-,19-,20-,21-,22-,26-/m0/s1. The number of carbonyl (C=O) groups is 10. The van der Waals surface area contributed by atoms with Crippen molar-refractivity contribution in [2.75, 3.05) is 38.2 Å². The molecule has 26 heteroatoms. The first kappa shape index (κ1) is 54.2. The maximum absolute atomic E-state index is 13.4. The van der Waals surface area contributed by atoms with Gasteiger partial charge in [0.2, 0.25) is 53.2 Å². The Hall–Kier alpha value is -5.76. The number of amides is 10. The molecule has 0 fully saturated rings. The number of guanidine groups is 1. The number of rotatable bonds is 29. The molecule has 0 aromatic heterocycles. The Morgan fingerprint density at radius 1 is 0.633 bits per heavy atom. The van der Waals surface area contributed by atoms with Gasteiger partial charge in [0.05, 0.1) is 19.6 Å².